The summed E-state index contributed by atoms with van der Waals surface area (Å²) in [5.74, 6) is 0. The molecule has 0 aliphatic rings. The molecular weight excluding hydrogens is 276 g/mol. The number of aromatic nitrogens is 1. The average Bonchev–Trinajstić information content (AvgIpc) is 2.51. The van der Waals surface area contributed by atoms with Gasteiger partial charge in [0.1, 0.15) is 0 Å². The van der Waals surface area contributed by atoms with Gasteiger partial charge in [-0.1, -0.05) is 29.8 Å². The van der Waals surface area contributed by atoms with E-state index in [1.807, 2.05) is 0 Å². The van der Waals surface area contributed by atoms with Gasteiger partial charge in [0.25, 0.3) is 0 Å². The zero-order valence-electron chi connectivity index (χ0n) is 10.8. The van der Waals surface area contributed by atoms with Gasteiger partial charge in [0.05, 0.1) is 0 Å². The van der Waals surface area contributed by atoms with Gasteiger partial charge in [0.2, 0.25) is 0 Å². The van der Waals surface area contributed by atoms with Crippen LogP contribution in [0.1, 0.15) is 25.1 Å². The minimum absolute atomic E-state index is 0.00435. The van der Waals surface area contributed by atoms with Gasteiger partial charge in [-0.3, -0.25) is 0 Å². The van der Waals surface area contributed by atoms with Crippen LogP contribution in [0.4, 0.5) is 0 Å². The van der Waals surface area contributed by atoms with Crippen molar-refractivity contribution in [3.8, 4) is 0 Å². The van der Waals surface area contributed by atoms with Crippen molar-refractivity contribution < 1.29 is 0 Å². The molecule has 0 spiro atoms. The minimum atomic E-state index is 0.00435. The van der Waals surface area contributed by atoms with E-state index in [2.05, 4.69) is 66.5 Å². The SMILES string of the molecule is Cc1c(C(C)(C)CN)c2cc(Br)ccc2n1C. The first kappa shape index (κ1) is 12.7. The summed E-state index contributed by atoms with van der Waals surface area (Å²) in [6.07, 6.45) is 0. The molecule has 3 heteroatoms. The number of fused-ring (bicyclic) bond motifs is 1. The van der Waals surface area contributed by atoms with Crippen molar-refractivity contribution in [1.82, 2.24) is 4.57 Å². The molecule has 0 saturated carbocycles. The first-order valence-electron chi connectivity index (χ1n) is 5.83. The largest absolute Gasteiger partial charge is 0.348 e. The fourth-order valence-corrected chi connectivity index (χ4v) is 2.86. The molecule has 0 radical (unpaired) electrons. The molecule has 0 unspecified atom stereocenters. The molecule has 0 aliphatic heterocycles. The third-order valence-electron chi connectivity index (χ3n) is 3.64. The molecule has 1 aromatic heterocycles. The summed E-state index contributed by atoms with van der Waals surface area (Å²) in [5.41, 5.74) is 9.85. The fourth-order valence-electron chi connectivity index (χ4n) is 2.50. The van der Waals surface area contributed by atoms with E-state index >= 15 is 0 Å². The number of hydrogen-bond acceptors (Lipinski definition) is 1. The highest BCUT2D eigenvalue weighted by atomic mass is 79.9. The topological polar surface area (TPSA) is 30.9 Å². The third kappa shape index (κ3) is 1.91. The van der Waals surface area contributed by atoms with Crippen molar-refractivity contribution in [3.05, 3.63) is 33.9 Å². The molecule has 0 amide bonds. The zero-order valence-corrected chi connectivity index (χ0v) is 12.4. The van der Waals surface area contributed by atoms with Crippen LogP contribution in [-0.4, -0.2) is 11.1 Å². The molecule has 92 valence electrons. The van der Waals surface area contributed by atoms with Crippen molar-refractivity contribution in [2.75, 3.05) is 6.54 Å². The van der Waals surface area contributed by atoms with E-state index in [0.717, 1.165) is 4.47 Å². The second-order valence-electron chi connectivity index (χ2n) is 5.27. The molecule has 2 nitrogen and oxygen atoms in total. The summed E-state index contributed by atoms with van der Waals surface area (Å²) in [4.78, 5) is 0. The van der Waals surface area contributed by atoms with Gasteiger partial charge in [-0.2, -0.15) is 0 Å². The van der Waals surface area contributed by atoms with Crippen LogP contribution in [-0.2, 0) is 12.5 Å². The van der Waals surface area contributed by atoms with Crippen LogP contribution >= 0.6 is 15.9 Å². The van der Waals surface area contributed by atoms with Crippen LogP contribution in [0.25, 0.3) is 10.9 Å². The monoisotopic (exact) mass is 294 g/mol. The molecule has 2 aromatic rings. The highest BCUT2D eigenvalue weighted by molar-refractivity contribution is 9.10. The van der Waals surface area contributed by atoms with Crippen molar-refractivity contribution in [3.63, 3.8) is 0 Å². The average molecular weight is 295 g/mol. The van der Waals surface area contributed by atoms with Gasteiger partial charge in [0.15, 0.2) is 0 Å². The molecule has 0 fully saturated rings. The Kier molecular flexibility index (Phi) is 3.08. The van der Waals surface area contributed by atoms with Crippen LogP contribution in [0, 0.1) is 6.92 Å². The van der Waals surface area contributed by atoms with Gasteiger partial charge in [-0.15, -0.1) is 0 Å². The van der Waals surface area contributed by atoms with E-state index in [0.29, 0.717) is 6.54 Å². The smallest absolute Gasteiger partial charge is 0.0483 e. The first-order valence-corrected chi connectivity index (χ1v) is 6.63. The van der Waals surface area contributed by atoms with E-state index in [4.69, 9.17) is 5.73 Å². The Morgan fingerprint density at radius 1 is 1.35 bits per heavy atom. The maximum Gasteiger partial charge on any atom is 0.0483 e. The van der Waals surface area contributed by atoms with E-state index < -0.39 is 0 Å². The minimum Gasteiger partial charge on any atom is -0.348 e. The van der Waals surface area contributed by atoms with E-state index in [1.54, 1.807) is 0 Å². The molecule has 1 aromatic carbocycles. The van der Waals surface area contributed by atoms with Crippen molar-refractivity contribution >= 4 is 26.8 Å². The third-order valence-corrected chi connectivity index (χ3v) is 4.13. The van der Waals surface area contributed by atoms with Crippen LogP contribution in [0.15, 0.2) is 22.7 Å². The Labute approximate surface area is 111 Å². The zero-order chi connectivity index (χ0) is 12.8. The Bertz CT molecular complexity index is 567. The predicted octanol–water partition coefficient (Wildman–Crippen LogP) is 3.49. The molecule has 0 bridgehead atoms. The molecule has 17 heavy (non-hydrogen) atoms. The first-order chi connectivity index (χ1) is 7.88. The number of rotatable bonds is 2. The lowest BCUT2D eigenvalue weighted by molar-refractivity contribution is 0.537. The van der Waals surface area contributed by atoms with Crippen molar-refractivity contribution in [2.24, 2.45) is 12.8 Å². The van der Waals surface area contributed by atoms with Crippen LogP contribution in [0.2, 0.25) is 0 Å². The molecule has 0 atom stereocenters. The Morgan fingerprint density at radius 2 is 2.00 bits per heavy atom. The van der Waals surface area contributed by atoms with Crippen LogP contribution in [0.3, 0.4) is 0 Å². The highest BCUT2D eigenvalue weighted by Gasteiger charge is 2.26. The van der Waals surface area contributed by atoms with Crippen molar-refractivity contribution in [1.29, 1.82) is 0 Å². The number of benzene rings is 1. The van der Waals surface area contributed by atoms with Gasteiger partial charge in [-0.25, -0.2) is 0 Å². The lowest BCUT2D eigenvalue weighted by Gasteiger charge is -2.23. The summed E-state index contributed by atoms with van der Waals surface area (Å²) in [5, 5.41) is 1.30. The number of aryl methyl sites for hydroxylation is 1. The van der Waals surface area contributed by atoms with Crippen molar-refractivity contribution in [2.45, 2.75) is 26.2 Å². The highest BCUT2D eigenvalue weighted by Crippen LogP contribution is 2.35. The Hall–Kier alpha value is -0.800. The fraction of sp³-hybridized carbons (Fsp3) is 0.429. The second-order valence-corrected chi connectivity index (χ2v) is 6.18. The number of nitrogens with two attached hydrogens (primary N) is 1. The number of hydrogen-bond donors (Lipinski definition) is 1. The van der Waals surface area contributed by atoms with Gasteiger partial charge < -0.3 is 10.3 Å². The number of nitrogens with zero attached hydrogens (tertiary/aromatic N) is 1. The number of halogens is 1. The maximum absolute atomic E-state index is 5.92. The second kappa shape index (κ2) is 4.14. The predicted molar refractivity (Wildman–Crippen MR) is 77.4 cm³/mol. The van der Waals surface area contributed by atoms with Crippen LogP contribution < -0.4 is 5.73 Å². The maximum atomic E-state index is 5.92. The van der Waals surface area contributed by atoms with E-state index in [1.165, 1.54) is 22.2 Å². The lowest BCUT2D eigenvalue weighted by Crippen LogP contribution is -2.28. The van der Waals surface area contributed by atoms with Gasteiger partial charge in [0, 0.05) is 40.1 Å². The normalized spacial score (nSPS) is 12.4. The van der Waals surface area contributed by atoms with Crippen LogP contribution in [0.5, 0.6) is 0 Å². The van der Waals surface area contributed by atoms with E-state index in [-0.39, 0.29) is 5.41 Å². The molecular formula is C14H19BrN2. The summed E-state index contributed by atoms with van der Waals surface area (Å²) >= 11 is 3.55. The molecule has 0 aliphatic carbocycles. The van der Waals surface area contributed by atoms with Gasteiger partial charge >= 0.3 is 0 Å². The standard InChI is InChI=1S/C14H19BrN2/c1-9-13(14(2,3)8-16)11-7-10(15)5-6-12(11)17(9)4/h5-7H,8,16H2,1-4H3. The quantitative estimate of drug-likeness (QED) is 0.903. The lowest BCUT2D eigenvalue weighted by atomic mass is 9.83. The molecule has 0 saturated heterocycles. The molecule has 2 N–H and O–H groups in total. The summed E-state index contributed by atoms with van der Waals surface area (Å²) in [6, 6.07) is 6.43. The van der Waals surface area contributed by atoms with Gasteiger partial charge in [-0.05, 0) is 30.7 Å². The van der Waals surface area contributed by atoms with E-state index in [9.17, 15) is 0 Å². The summed E-state index contributed by atoms with van der Waals surface area (Å²) in [7, 11) is 2.11. The Balaban J connectivity index is 2.87. The summed E-state index contributed by atoms with van der Waals surface area (Å²) < 4.78 is 3.36. The molecule has 1 heterocycles. The Morgan fingerprint density at radius 3 is 2.59 bits per heavy atom. The molecule has 2 rings (SSSR count). The summed E-state index contributed by atoms with van der Waals surface area (Å²) in [6.45, 7) is 7.23.